The van der Waals surface area contributed by atoms with Gasteiger partial charge in [-0.25, -0.2) is 9.79 Å². The van der Waals surface area contributed by atoms with Crippen LogP contribution in [-0.2, 0) is 16.1 Å². The number of aromatic nitrogens is 2. The van der Waals surface area contributed by atoms with Crippen LogP contribution in [0.15, 0.2) is 94.0 Å². The number of benzene rings is 3. The molecule has 0 unspecified atom stereocenters. The van der Waals surface area contributed by atoms with Crippen LogP contribution in [0.1, 0.15) is 49.4 Å². The molecular formula is C35H31Cl2N3O4S. The monoisotopic (exact) mass is 659 g/mol. The summed E-state index contributed by atoms with van der Waals surface area (Å²) in [5.74, 6) is -0.0160. The quantitative estimate of drug-likeness (QED) is 0.161. The lowest BCUT2D eigenvalue weighted by Gasteiger charge is -2.27. The molecule has 1 aliphatic rings. The summed E-state index contributed by atoms with van der Waals surface area (Å²) in [5, 5.41) is 2.15. The Labute approximate surface area is 274 Å². The zero-order chi connectivity index (χ0) is 31.7. The van der Waals surface area contributed by atoms with Gasteiger partial charge in [0.25, 0.3) is 5.56 Å². The van der Waals surface area contributed by atoms with Crippen LogP contribution in [0.2, 0.25) is 10.0 Å². The summed E-state index contributed by atoms with van der Waals surface area (Å²) in [6, 6.07) is 20.2. The molecule has 0 saturated heterocycles. The minimum atomic E-state index is -0.832. The lowest BCUT2D eigenvalue weighted by molar-refractivity contribution is -0.139. The number of halogens is 2. The number of methoxy groups -OCH3 is 1. The van der Waals surface area contributed by atoms with Gasteiger partial charge in [0.15, 0.2) is 4.80 Å². The summed E-state index contributed by atoms with van der Waals surface area (Å²) in [4.78, 5) is 33.3. The summed E-state index contributed by atoms with van der Waals surface area (Å²) in [6.07, 6.45) is 5.24. The first kappa shape index (κ1) is 30.9. The molecule has 0 radical (unpaired) electrons. The highest BCUT2D eigenvalue weighted by Crippen LogP contribution is 2.38. The largest absolute Gasteiger partial charge is 0.496 e. The van der Waals surface area contributed by atoms with Crippen LogP contribution in [0.3, 0.4) is 0 Å². The Hall–Kier alpha value is -4.11. The smallest absolute Gasteiger partial charge is 0.338 e. The summed E-state index contributed by atoms with van der Waals surface area (Å²) in [7, 11) is 1.55. The topological polar surface area (TPSA) is 74.8 Å². The van der Waals surface area contributed by atoms with E-state index >= 15 is 0 Å². The third kappa shape index (κ3) is 5.98. The first-order valence-electron chi connectivity index (χ1n) is 14.7. The Bertz CT molecular complexity index is 2140. The van der Waals surface area contributed by atoms with Crippen molar-refractivity contribution in [2.75, 3.05) is 13.7 Å². The second kappa shape index (κ2) is 13.1. The molecule has 45 heavy (non-hydrogen) atoms. The number of esters is 1. The third-order valence-electron chi connectivity index (χ3n) is 7.73. The average Bonchev–Trinajstić information content (AvgIpc) is 3.53. The summed E-state index contributed by atoms with van der Waals surface area (Å²) < 4.78 is 15.4. The number of hydrogen-bond donors (Lipinski definition) is 0. The first-order valence-corrected chi connectivity index (χ1v) is 16.3. The SMILES string of the molecule is CCCC1=C(C(=O)OCC)[C@@H](c2cc(Cl)ccc2OC)n2c(s/c(=C/c3cn(Cc4cccc(Cl)c4)c4ccccc34)c2=O)=N1. The Morgan fingerprint density at radius 3 is 2.60 bits per heavy atom. The Kier molecular flexibility index (Phi) is 8.99. The molecule has 3 heterocycles. The number of para-hydroxylation sites is 1. The molecule has 6 rings (SSSR count). The fraction of sp³-hybridized carbons (Fsp3) is 0.229. The molecule has 1 aliphatic heterocycles. The van der Waals surface area contributed by atoms with E-state index < -0.39 is 12.0 Å². The first-order chi connectivity index (χ1) is 21.8. The molecule has 10 heteroatoms. The van der Waals surface area contributed by atoms with Gasteiger partial charge in [-0.05, 0) is 61.4 Å². The lowest BCUT2D eigenvalue weighted by Crippen LogP contribution is -2.40. The van der Waals surface area contributed by atoms with E-state index in [1.807, 2.05) is 61.7 Å². The van der Waals surface area contributed by atoms with Crippen molar-refractivity contribution in [3.8, 4) is 5.75 Å². The van der Waals surface area contributed by atoms with Crippen LogP contribution in [-0.4, -0.2) is 28.8 Å². The lowest BCUT2D eigenvalue weighted by atomic mass is 9.93. The Morgan fingerprint density at radius 2 is 1.84 bits per heavy atom. The van der Waals surface area contributed by atoms with E-state index in [2.05, 4.69) is 10.6 Å². The normalized spacial score (nSPS) is 14.9. The van der Waals surface area contributed by atoms with Gasteiger partial charge in [-0.15, -0.1) is 0 Å². The van der Waals surface area contributed by atoms with E-state index in [4.69, 9.17) is 37.7 Å². The second-order valence-electron chi connectivity index (χ2n) is 10.7. The Morgan fingerprint density at radius 1 is 1.04 bits per heavy atom. The molecular weight excluding hydrogens is 629 g/mol. The molecule has 0 saturated carbocycles. The number of fused-ring (bicyclic) bond motifs is 2. The number of nitrogens with zero attached hydrogens (tertiary/aromatic N) is 3. The number of hydrogen-bond acceptors (Lipinski definition) is 6. The molecule has 2 aromatic heterocycles. The van der Waals surface area contributed by atoms with Crippen LogP contribution < -0.4 is 19.6 Å². The minimum absolute atomic E-state index is 0.185. The van der Waals surface area contributed by atoms with E-state index in [1.165, 1.54) is 11.3 Å². The maximum Gasteiger partial charge on any atom is 0.338 e. The highest BCUT2D eigenvalue weighted by atomic mass is 35.5. The molecule has 0 N–H and O–H groups in total. The molecule has 0 aliphatic carbocycles. The van der Waals surface area contributed by atoms with Crippen molar-refractivity contribution in [3.63, 3.8) is 0 Å². The molecule has 0 bridgehead atoms. The van der Waals surface area contributed by atoms with E-state index in [0.29, 0.717) is 54.9 Å². The highest BCUT2D eigenvalue weighted by molar-refractivity contribution is 7.07. The van der Waals surface area contributed by atoms with Gasteiger partial charge >= 0.3 is 5.97 Å². The highest BCUT2D eigenvalue weighted by Gasteiger charge is 2.36. The van der Waals surface area contributed by atoms with Crippen LogP contribution in [0, 0.1) is 0 Å². The second-order valence-corrected chi connectivity index (χ2v) is 12.5. The van der Waals surface area contributed by atoms with Gasteiger partial charge in [0.1, 0.15) is 11.8 Å². The molecule has 0 fully saturated rings. The molecule has 0 spiro atoms. The van der Waals surface area contributed by atoms with Gasteiger partial charge in [0, 0.05) is 44.8 Å². The fourth-order valence-corrected chi connectivity index (χ4v) is 7.23. The van der Waals surface area contributed by atoms with Crippen molar-refractivity contribution in [2.24, 2.45) is 4.99 Å². The summed E-state index contributed by atoms with van der Waals surface area (Å²) in [5.41, 5.74) is 4.23. The van der Waals surface area contributed by atoms with Crippen LogP contribution in [0.25, 0.3) is 17.0 Å². The maximum atomic E-state index is 14.4. The Balaban J connectivity index is 1.57. The predicted octanol–water partition coefficient (Wildman–Crippen LogP) is 6.90. The molecule has 1 atom stereocenters. The number of ether oxygens (including phenoxy) is 2. The van der Waals surface area contributed by atoms with Crippen molar-refractivity contribution < 1.29 is 14.3 Å². The third-order valence-corrected chi connectivity index (χ3v) is 9.18. The predicted molar refractivity (Wildman–Crippen MR) is 180 cm³/mol. The van der Waals surface area contributed by atoms with Crippen molar-refractivity contribution in [3.05, 3.63) is 131 Å². The average molecular weight is 661 g/mol. The molecule has 5 aromatic rings. The molecule has 7 nitrogen and oxygen atoms in total. The van der Waals surface area contributed by atoms with Crippen molar-refractivity contribution >= 4 is 57.5 Å². The van der Waals surface area contributed by atoms with Crippen LogP contribution in [0.4, 0.5) is 0 Å². The zero-order valence-corrected chi connectivity index (χ0v) is 27.4. The van der Waals surface area contributed by atoms with Gasteiger partial charge in [-0.1, -0.05) is 78.2 Å². The number of rotatable bonds is 9. The number of carbonyl (C=O) groups is 1. The van der Waals surface area contributed by atoms with Crippen molar-refractivity contribution in [1.29, 1.82) is 0 Å². The maximum absolute atomic E-state index is 14.4. The van der Waals surface area contributed by atoms with E-state index in [-0.39, 0.29) is 12.2 Å². The van der Waals surface area contributed by atoms with Crippen molar-refractivity contribution in [1.82, 2.24) is 9.13 Å². The van der Waals surface area contributed by atoms with Gasteiger partial charge in [-0.2, -0.15) is 0 Å². The van der Waals surface area contributed by atoms with E-state index in [0.717, 1.165) is 28.5 Å². The van der Waals surface area contributed by atoms with Gasteiger partial charge < -0.3 is 14.0 Å². The van der Waals surface area contributed by atoms with Crippen LogP contribution in [0.5, 0.6) is 5.75 Å². The summed E-state index contributed by atoms with van der Waals surface area (Å²) >= 11 is 14.0. The number of thiazole rings is 1. The standard InChI is InChI=1S/C35H31Cl2N3O4S/c1-4-9-27-31(34(42)44-5-2)32(26-18-24(37)14-15-29(26)43-3)40-33(41)30(45-35(40)38-27)17-22-20-39(28-13-7-6-12-25(22)28)19-21-10-8-11-23(36)16-21/h6-8,10-18,20,32H,4-5,9,19H2,1-3H3/b30-17+/t32-/m1/s1. The minimum Gasteiger partial charge on any atom is -0.496 e. The summed E-state index contributed by atoms with van der Waals surface area (Å²) in [6.45, 7) is 4.58. The number of allylic oxidation sites excluding steroid dienone is 1. The fourth-order valence-electron chi connectivity index (χ4n) is 5.83. The van der Waals surface area contributed by atoms with Gasteiger partial charge in [0.05, 0.1) is 29.5 Å². The van der Waals surface area contributed by atoms with E-state index in [1.54, 1.807) is 36.8 Å². The number of carbonyl (C=O) groups excluding carboxylic acids is 1. The van der Waals surface area contributed by atoms with Gasteiger partial charge in [-0.3, -0.25) is 9.36 Å². The van der Waals surface area contributed by atoms with E-state index in [9.17, 15) is 9.59 Å². The molecule has 0 amide bonds. The van der Waals surface area contributed by atoms with Crippen molar-refractivity contribution in [2.45, 2.75) is 39.3 Å². The molecule has 230 valence electrons. The van der Waals surface area contributed by atoms with Crippen LogP contribution >= 0.6 is 34.5 Å². The zero-order valence-electron chi connectivity index (χ0n) is 25.1. The molecule has 3 aromatic carbocycles. The van der Waals surface area contributed by atoms with Gasteiger partial charge in [0.2, 0.25) is 0 Å².